The lowest BCUT2D eigenvalue weighted by molar-refractivity contribution is -0.889. The van der Waals surface area contributed by atoms with Crippen LogP contribution in [0.5, 0.6) is 0 Å². The molecule has 0 aromatic heterocycles. The van der Waals surface area contributed by atoms with Crippen molar-refractivity contribution in [2.24, 2.45) is 0 Å². The van der Waals surface area contributed by atoms with E-state index >= 15 is 0 Å². The van der Waals surface area contributed by atoms with Crippen molar-refractivity contribution in [1.29, 1.82) is 0 Å². The van der Waals surface area contributed by atoms with Gasteiger partial charge in [-0.05, 0) is 51.4 Å². The van der Waals surface area contributed by atoms with Crippen LogP contribution in [0.1, 0.15) is 84.5 Å². The normalized spacial score (nSPS) is 14.2. The van der Waals surface area contributed by atoms with E-state index in [-0.39, 0.29) is 55.5 Å². The molecule has 8 nitrogen and oxygen atoms in total. The lowest BCUT2D eigenvalue weighted by Crippen LogP contribution is -2.55. The van der Waals surface area contributed by atoms with Gasteiger partial charge in [-0.25, -0.2) is 0 Å². The maximum atomic E-state index is 12.5. The Morgan fingerprint density at radius 1 is 0.674 bits per heavy atom. The Labute approximate surface area is 278 Å². The molecule has 0 rings (SSSR count). The molecule has 2 unspecified atom stereocenters. The first kappa shape index (κ1) is 42.5. The van der Waals surface area contributed by atoms with Crippen LogP contribution in [0.25, 0.3) is 0 Å². The van der Waals surface area contributed by atoms with E-state index in [9.17, 15) is 19.5 Å². The van der Waals surface area contributed by atoms with E-state index < -0.39 is 18.1 Å². The maximum absolute atomic E-state index is 12.5. The van der Waals surface area contributed by atoms with Crippen LogP contribution >= 0.6 is 0 Å². The van der Waals surface area contributed by atoms with E-state index in [0.29, 0.717) is 12.8 Å². The zero-order valence-electron chi connectivity index (χ0n) is 28.9. The topological polar surface area (TPSA) is 102 Å². The summed E-state index contributed by atoms with van der Waals surface area (Å²) in [5.41, 5.74) is 0. The number of quaternary nitrogens is 1. The van der Waals surface area contributed by atoms with E-state index in [2.05, 4.69) is 44.2 Å². The lowest BCUT2D eigenvalue weighted by Gasteiger charge is -2.34. The van der Waals surface area contributed by atoms with Crippen molar-refractivity contribution in [3.05, 3.63) is 85.1 Å². The fourth-order valence-corrected chi connectivity index (χ4v) is 4.08. The van der Waals surface area contributed by atoms with Crippen molar-refractivity contribution in [3.63, 3.8) is 0 Å². The molecule has 0 aromatic rings. The fraction of sp³-hybridized carbons (Fsp3) is 0.553. The molecule has 46 heavy (non-hydrogen) atoms. The molecule has 0 aliphatic heterocycles. The Morgan fingerprint density at radius 2 is 1.26 bits per heavy atom. The number of nitrogens with zero attached hydrogens (tertiary/aromatic N) is 1. The highest BCUT2D eigenvalue weighted by Crippen LogP contribution is 2.10. The van der Waals surface area contributed by atoms with Gasteiger partial charge >= 0.3 is 11.9 Å². The van der Waals surface area contributed by atoms with Gasteiger partial charge in [0, 0.05) is 19.3 Å². The van der Waals surface area contributed by atoms with Gasteiger partial charge in [-0.1, -0.05) is 98.9 Å². The Kier molecular flexibility index (Phi) is 26.8. The molecule has 0 saturated carbocycles. The highest BCUT2D eigenvalue weighted by molar-refractivity contribution is 5.70. The number of unbranched alkanes of at least 4 members (excludes halogenated alkanes) is 3. The molecular formula is C38H59NO7. The second-order valence-corrected chi connectivity index (χ2v) is 11.8. The van der Waals surface area contributed by atoms with Crippen LogP contribution < -0.4 is 5.11 Å². The molecule has 0 N–H and O–H groups in total. The minimum Gasteiger partial charge on any atom is -0.544 e. The number of esters is 2. The molecule has 0 bridgehead atoms. The predicted molar refractivity (Wildman–Crippen MR) is 185 cm³/mol. The highest BCUT2D eigenvalue weighted by atomic mass is 16.6. The van der Waals surface area contributed by atoms with Crippen LogP contribution in [0, 0.1) is 0 Å². The SMILES string of the molecule is CC/C=C/C=C/C=C/C=C/C=C/CCCC(=O)OCC(COCCC(C(=O)[O-])[N+](C)(C)C)OC(=O)CCCC/C=C/C/C=C/CC. The van der Waals surface area contributed by atoms with Crippen molar-refractivity contribution in [1.82, 2.24) is 0 Å². The molecule has 0 spiro atoms. The summed E-state index contributed by atoms with van der Waals surface area (Å²) in [4.78, 5) is 36.4. The third kappa shape index (κ3) is 26.9. The maximum Gasteiger partial charge on any atom is 0.306 e. The summed E-state index contributed by atoms with van der Waals surface area (Å²) < 4.78 is 16.9. The molecule has 258 valence electrons. The molecule has 0 aromatic carbocycles. The molecule has 2 atom stereocenters. The molecular weight excluding hydrogens is 582 g/mol. The van der Waals surface area contributed by atoms with E-state index in [1.165, 1.54) is 0 Å². The number of allylic oxidation sites excluding steroid dienone is 14. The first-order valence-electron chi connectivity index (χ1n) is 16.7. The van der Waals surface area contributed by atoms with Crippen LogP contribution in [0.15, 0.2) is 85.1 Å². The third-order valence-corrected chi connectivity index (χ3v) is 6.66. The number of likely N-dealkylation sites (N-methyl/N-ethyl adjacent to an activating group) is 1. The number of ether oxygens (including phenoxy) is 3. The molecule has 0 amide bonds. The third-order valence-electron chi connectivity index (χ3n) is 6.66. The van der Waals surface area contributed by atoms with Gasteiger partial charge in [0.2, 0.25) is 0 Å². The molecule has 0 saturated heterocycles. The summed E-state index contributed by atoms with van der Waals surface area (Å²) in [7, 11) is 5.34. The van der Waals surface area contributed by atoms with Crippen molar-refractivity contribution >= 4 is 17.9 Å². The van der Waals surface area contributed by atoms with E-state index in [1.54, 1.807) is 21.1 Å². The second kappa shape index (κ2) is 28.9. The van der Waals surface area contributed by atoms with Gasteiger partial charge in [-0.2, -0.15) is 0 Å². The molecule has 0 aliphatic rings. The van der Waals surface area contributed by atoms with Gasteiger partial charge in [0.05, 0.1) is 40.3 Å². The van der Waals surface area contributed by atoms with Crippen molar-refractivity contribution in [2.45, 2.75) is 96.6 Å². The van der Waals surface area contributed by atoms with Crippen molar-refractivity contribution in [3.8, 4) is 0 Å². The summed E-state index contributed by atoms with van der Waals surface area (Å²) in [6, 6.07) is -0.744. The van der Waals surface area contributed by atoms with E-state index in [1.807, 2.05) is 54.7 Å². The van der Waals surface area contributed by atoms with E-state index in [0.717, 1.165) is 38.5 Å². The monoisotopic (exact) mass is 641 g/mol. The predicted octanol–water partition coefficient (Wildman–Crippen LogP) is 6.51. The minimum atomic E-state index is -1.15. The van der Waals surface area contributed by atoms with Crippen molar-refractivity contribution < 1.29 is 38.2 Å². The van der Waals surface area contributed by atoms with Crippen LogP contribution in [-0.4, -0.2) is 75.5 Å². The number of carboxylic acid groups (broad SMARTS) is 1. The molecule has 0 fully saturated rings. The molecule has 0 heterocycles. The smallest absolute Gasteiger partial charge is 0.306 e. The van der Waals surface area contributed by atoms with Crippen molar-refractivity contribution in [2.75, 3.05) is 41.0 Å². The Hall–Kier alpha value is -3.49. The quantitative estimate of drug-likeness (QED) is 0.0331. The zero-order valence-corrected chi connectivity index (χ0v) is 28.9. The fourth-order valence-electron chi connectivity index (χ4n) is 4.08. The van der Waals surface area contributed by atoms with Crippen LogP contribution in [0.2, 0.25) is 0 Å². The lowest BCUT2D eigenvalue weighted by atomic mass is 10.1. The number of hydrogen-bond donors (Lipinski definition) is 0. The number of hydrogen-bond acceptors (Lipinski definition) is 7. The standard InChI is InChI=1S/C38H59NO7/c1-6-8-10-12-14-16-17-18-19-21-22-24-26-28-36(40)45-33-34(32-44-31-30-35(38(42)43)39(3,4)5)46-37(41)29-27-25-23-20-15-13-11-9-7-2/h8-12,14-22,34-35H,6-7,13,23-33H2,1-5H3/b10-8+,11-9+,14-12+,17-16+,19-18+,20-15+,22-21+. The number of carbonyl (C=O) groups excluding carboxylic acids is 3. The number of rotatable bonds is 27. The first-order valence-corrected chi connectivity index (χ1v) is 16.7. The van der Waals surface area contributed by atoms with Gasteiger partial charge in [0.25, 0.3) is 0 Å². The minimum absolute atomic E-state index is 0.00129. The van der Waals surface area contributed by atoms with Crippen LogP contribution in [0.3, 0.4) is 0 Å². The van der Waals surface area contributed by atoms with E-state index in [4.69, 9.17) is 14.2 Å². The van der Waals surface area contributed by atoms with Crippen LogP contribution in [0.4, 0.5) is 0 Å². The Bertz CT molecular complexity index is 1030. The molecule has 0 radical (unpaired) electrons. The summed E-state index contributed by atoms with van der Waals surface area (Å²) >= 11 is 0. The first-order chi connectivity index (χ1) is 22.1. The Morgan fingerprint density at radius 3 is 1.89 bits per heavy atom. The summed E-state index contributed by atoms with van der Waals surface area (Å²) in [5, 5.41) is 11.5. The highest BCUT2D eigenvalue weighted by Gasteiger charge is 2.25. The summed E-state index contributed by atoms with van der Waals surface area (Å²) in [6.07, 6.45) is 35.0. The van der Waals surface area contributed by atoms with Gasteiger partial charge < -0.3 is 28.6 Å². The van der Waals surface area contributed by atoms with Crippen LogP contribution in [-0.2, 0) is 28.6 Å². The largest absolute Gasteiger partial charge is 0.544 e. The van der Waals surface area contributed by atoms with Gasteiger partial charge in [-0.15, -0.1) is 0 Å². The number of aliphatic carboxylic acids is 1. The van der Waals surface area contributed by atoms with Gasteiger partial charge in [0.1, 0.15) is 12.6 Å². The summed E-state index contributed by atoms with van der Waals surface area (Å²) in [5.74, 6) is -1.90. The molecule has 0 aliphatic carbocycles. The number of carboxylic acids is 1. The Balaban J connectivity index is 4.68. The van der Waals surface area contributed by atoms with Gasteiger partial charge in [-0.3, -0.25) is 9.59 Å². The average molecular weight is 642 g/mol. The second-order valence-electron chi connectivity index (χ2n) is 11.8. The number of carbonyl (C=O) groups is 3. The molecule has 8 heteroatoms. The van der Waals surface area contributed by atoms with Gasteiger partial charge in [0.15, 0.2) is 6.10 Å². The zero-order chi connectivity index (χ0) is 34.3. The summed E-state index contributed by atoms with van der Waals surface area (Å²) in [6.45, 7) is 4.21. The average Bonchev–Trinajstić information content (AvgIpc) is 3.00.